The van der Waals surface area contributed by atoms with Gasteiger partial charge in [0.1, 0.15) is 0 Å². The molecule has 1 aliphatic heterocycles. The number of ketones is 1. The molecule has 24 heavy (non-hydrogen) atoms. The van der Waals surface area contributed by atoms with Crippen molar-refractivity contribution in [3.63, 3.8) is 0 Å². The standard InChI is InChI=1S/C14H21N3O5S2/c1-14(2,3)12(19)11-10(16-8-18)9(15)13(23-11)24(20,21)17-4-6-22-7-5-17/h8H,4-7,15H2,1-3H3,(H,16,18). The smallest absolute Gasteiger partial charge is 0.254 e. The molecule has 3 N–H and O–H groups in total. The van der Waals surface area contributed by atoms with E-state index in [9.17, 15) is 18.0 Å². The Morgan fingerprint density at radius 3 is 2.42 bits per heavy atom. The molecule has 134 valence electrons. The number of nitrogens with one attached hydrogen (secondary N) is 1. The summed E-state index contributed by atoms with van der Waals surface area (Å²) < 4.78 is 32.0. The van der Waals surface area contributed by atoms with Gasteiger partial charge in [-0.25, -0.2) is 8.42 Å². The Balaban J connectivity index is 2.55. The van der Waals surface area contributed by atoms with Crippen molar-refractivity contribution in [2.24, 2.45) is 5.41 Å². The van der Waals surface area contributed by atoms with Gasteiger partial charge >= 0.3 is 0 Å². The number of hydrogen-bond donors (Lipinski definition) is 2. The van der Waals surface area contributed by atoms with E-state index >= 15 is 0 Å². The normalized spacial score (nSPS) is 16.8. The Kier molecular flexibility index (Phi) is 5.33. The van der Waals surface area contributed by atoms with Crippen molar-refractivity contribution in [2.45, 2.75) is 25.0 Å². The van der Waals surface area contributed by atoms with E-state index in [-0.39, 0.29) is 39.3 Å². The van der Waals surface area contributed by atoms with Crippen LogP contribution in [0, 0.1) is 5.41 Å². The molecule has 0 atom stereocenters. The second kappa shape index (κ2) is 6.79. The number of nitrogens with two attached hydrogens (primary N) is 1. The zero-order valence-electron chi connectivity index (χ0n) is 13.8. The SMILES string of the molecule is CC(C)(C)C(=O)c1sc(S(=O)(=O)N2CCOCC2)c(N)c1NC=O. The predicted octanol–water partition coefficient (Wildman–Crippen LogP) is 1.15. The highest BCUT2D eigenvalue weighted by molar-refractivity contribution is 7.91. The maximum absolute atomic E-state index is 12.8. The number of sulfonamides is 1. The third kappa shape index (κ3) is 3.46. The van der Waals surface area contributed by atoms with Gasteiger partial charge in [0.15, 0.2) is 9.99 Å². The first-order chi connectivity index (χ1) is 11.1. The van der Waals surface area contributed by atoms with Gasteiger partial charge in [0, 0.05) is 18.5 Å². The molecule has 2 rings (SSSR count). The number of ether oxygens (including phenoxy) is 1. The molecule has 1 saturated heterocycles. The van der Waals surface area contributed by atoms with Gasteiger partial charge in [-0.15, -0.1) is 11.3 Å². The van der Waals surface area contributed by atoms with E-state index in [0.29, 0.717) is 19.6 Å². The molecule has 0 bridgehead atoms. The molecule has 1 aromatic rings. The summed E-state index contributed by atoms with van der Waals surface area (Å²) in [5.41, 5.74) is 5.18. The quantitative estimate of drug-likeness (QED) is 0.588. The lowest BCUT2D eigenvalue weighted by molar-refractivity contribution is -0.105. The van der Waals surface area contributed by atoms with Crippen molar-refractivity contribution in [3.05, 3.63) is 4.88 Å². The maximum Gasteiger partial charge on any atom is 0.254 e. The lowest BCUT2D eigenvalue weighted by Gasteiger charge is -2.25. The molecule has 2 heterocycles. The molecule has 0 aliphatic carbocycles. The number of carbonyl (C=O) groups is 2. The van der Waals surface area contributed by atoms with Crippen molar-refractivity contribution >= 4 is 44.9 Å². The number of nitrogen functional groups attached to an aromatic ring is 1. The first-order valence-corrected chi connectivity index (χ1v) is 9.61. The minimum atomic E-state index is -3.85. The van der Waals surface area contributed by atoms with Crippen molar-refractivity contribution in [1.29, 1.82) is 0 Å². The summed E-state index contributed by atoms with van der Waals surface area (Å²) in [5.74, 6) is -0.285. The first kappa shape index (κ1) is 18.8. The predicted molar refractivity (Wildman–Crippen MR) is 91.8 cm³/mol. The third-order valence-electron chi connectivity index (χ3n) is 3.55. The van der Waals surface area contributed by atoms with Crippen LogP contribution in [0.2, 0.25) is 0 Å². The number of amides is 1. The van der Waals surface area contributed by atoms with E-state index in [1.54, 1.807) is 20.8 Å². The monoisotopic (exact) mass is 375 g/mol. The molecular formula is C14H21N3O5S2. The topological polar surface area (TPSA) is 119 Å². The summed E-state index contributed by atoms with van der Waals surface area (Å²) in [6.45, 7) is 6.19. The fraction of sp³-hybridized carbons (Fsp3) is 0.571. The van der Waals surface area contributed by atoms with Crippen LogP contribution >= 0.6 is 11.3 Å². The van der Waals surface area contributed by atoms with Crippen LogP contribution in [0.5, 0.6) is 0 Å². The molecule has 0 aromatic carbocycles. The Hall–Kier alpha value is -1.49. The molecular weight excluding hydrogens is 354 g/mol. The Bertz CT molecular complexity index is 743. The van der Waals surface area contributed by atoms with Gasteiger partial charge in [0.05, 0.1) is 29.5 Å². The number of nitrogens with zero attached hydrogens (tertiary/aromatic N) is 1. The molecule has 1 fully saturated rings. The number of anilines is 2. The van der Waals surface area contributed by atoms with Crippen LogP contribution in [-0.2, 0) is 19.6 Å². The fourth-order valence-electron chi connectivity index (χ4n) is 2.22. The van der Waals surface area contributed by atoms with Crippen LogP contribution in [0.1, 0.15) is 30.4 Å². The molecule has 1 aromatic heterocycles. The first-order valence-electron chi connectivity index (χ1n) is 7.36. The second-order valence-corrected chi connectivity index (χ2v) is 9.52. The Morgan fingerprint density at radius 1 is 1.33 bits per heavy atom. The molecule has 0 spiro atoms. The van der Waals surface area contributed by atoms with Crippen LogP contribution in [0.4, 0.5) is 11.4 Å². The molecule has 0 unspecified atom stereocenters. The summed E-state index contributed by atoms with van der Waals surface area (Å²) in [4.78, 5) is 23.6. The van der Waals surface area contributed by atoms with Gasteiger partial charge in [0.25, 0.3) is 10.0 Å². The summed E-state index contributed by atoms with van der Waals surface area (Å²) in [6, 6.07) is 0. The van der Waals surface area contributed by atoms with Gasteiger partial charge in [-0.2, -0.15) is 4.31 Å². The van der Waals surface area contributed by atoms with Crippen LogP contribution in [0.3, 0.4) is 0 Å². The van der Waals surface area contributed by atoms with Gasteiger partial charge in [-0.05, 0) is 0 Å². The number of thiophene rings is 1. The minimum absolute atomic E-state index is 0.0572. The van der Waals surface area contributed by atoms with E-state index in [0.717, 1.165) is 11.3 Å². The molecule has 0 saturated carbocycles. The van der Waals surface area contributed by atoms with Gasteiger partial charge in [-0.3, -0.25) is 9.59 Å². The Morgan fingerprint density at radius 2 is 1.92 bits per heavy atom. The van der Waals surface area contributed by atoms with Crippen LogP contribution in [0.15, 0.2) is 4.21 Å². The zero-order valence-corrected chi connectivity index (χ0v) is 15.4. The van der Waals surface area contributed by atoms with E-state index < -0.39 is 15.4 Å². The largest absolute Gasteiger partial charge is 0.395 e. The highest BCUT2D eigenvalue weighted by Crippen LogP contribution is 2.42. The lowest BCUT2D eigenvalue weighted by Crippen LogP contribution is -2.40. The van der Waals surface area contributed by atoms with Crippen LogP contribution in [0.25, 0.3) is 0 Å². The highest BCUT2D eigenvalue weighted by Gasteiger charge is 2.36. The van der Waals surface area contributed by atoms with Crippen molar-refractivity contribution in [3.8, 4) is 0 Å². The third-order valence-corrected chi connectivity index (χ3v) is 7.16. The van der Waals surface area contributed by atoms with E-state index in [2.05, 4.69) is 5.32 Å². The molecule has 8 nitrogen and oxygen atoms in total. The van der Waals surface area contributed by atoms with Crippen LogP contribution < -0.4 is 11.1 Å². The van der Waals surface area contributed by atoms with Crippen molar-refractivity contribution < 1.29 is 22.7 Å². The maximum atomic E-state index is 12.8. The van der Waals surface area contributed by atoms with Crippen LogP contribution in [-0.4, -0.2) is 51.2 Å². The summed E-state index contributed by atoms with van der Waals surface area (Å²) >= 11 is 0.795. The lowest BCUT2D eigenvalue weighted by atomic mass is 9.89. The molecule has 1 amide bonds. The van der Waals surface area contributed by atoms with Crippen molar-refractivity contribution in [2.75, 3.05) is 37.4 Å². The van der Waals surface area contributed by atoms with Gasteiger partial charge in [-0.1, -0.05) is 20.8 Å². The summed E-state index contributed by atoms with van der Waals surface area (Å²) in [5, 5.41) is 2.37. The second-order valence-electron chi connectivity index (χ2n) is 6.37. The fourth-order valence-corrected chi connectivity index (χ4v) is 5.52. The zero-order chi connectivity index (χ0) is 18.1. The molecule has 10 heteroatoms. The highest BCUT2D eigenvalue weighted by atomic mass is 32.2. The van der Waals surface area contributed by atoms with Crippen molar-refractivity contribution in [1.82, 2.24) is 4.31 Å². The summed E-state index contributed by atoms with van der Waals surface area (Å²) in [7, 11) is -3.85. The number of morpholine rings is 1. The van der Waals surface area contributed by atoms with E-state index in [1.165, 1.54) is 4.31 Å². The average Bonchev–Trinajstić information content (AvgIpc) is 2.85. The Labute approximate surface area is 145 Å². The average molecular weight is 375 g/mol. The number of carbonyl (C=O) groups excluding carboxylic acids is 2. The summed E-state index contributed by atoms with van der Waals surface area (Å²) in [6.07, 6.45) is 0.378. The molecule has 1 aliphatic rings. The van der Waals surface area contributed by atoms with Gasteiger partial charge in [0.2, 0.25) is 6.41 Å². The van der Waals surface area contributed by atoms with E-state index in [4.69, 9.17) is 10.5 Å². The number of hydrogen-bond acceptors (Lipinski definition) is 7. The van der Waals surface area contributed by atoms with Gasteiger partial charge < -0.3 is 15.8 Å². The minimum Gasteiger partial charge on any atom is -0.395 e. The number of Topliss-reactive ketones (excluding diaryl/α,β-unsaturated/α-hetero) is 1. The molecule has 0 radical (unpaired) electrons. The number of rotatable bonds is 5. The van der Waals surface area contributed by atoms with E-state index in [1.807, 2.05) is 0 Å².